The molecule has 1 aliphatic rings. The number of carbonyl (C=O) groups is 1. The highest BCUT2D eigenvalue weighted by atomic mass is 19.4. The molecular weight excluding hydrogens is 271 g/mol. The first-order valence-corrected chi connectivity index (χ1v) is 6.37. The van der Waals surface area contributed by atoms with Crippen LogP contribution in [-0.2, 0) is 15.7 Å². The molecule has 1 aromatic rings. The fourth-order valence-electron chi connectivity index (χ4n) is 2.51. The second-order valence-electron chi connectivity index (χ2n) is 4.93. The summed E-state index contributed by atoms with van der Waals surface area (Å²) >= 11 is 0. The summed E-state index contributed by atoms with van der Waals surface area (Å²) in [4.78, 5) is 11.5. The lowest BCUT2D eigenvalue weighted by Gasteiger charge is -2.29. The van der Waals surface area contributed by atoms with Crippen LogP contribution >= 0.6 is 0 Å². The van der Waals surface area contributed by atoms with E-state index in [-0.39, 0.29) is 17.8 Å². The summed E-state index contributed by atoms with van der Waals surface area (Å²) in [5.41, 5.74) is -0.0591. The number of halogens is 3. The molecule has 0 bridgehead atoms. The topological polar surface area (TPSA) is 38.3 Å². The minimum absolute atomic E-state index is 0.116. The van der Waals surface area contributed by atoms with Gasteiger partial charge in [0.15, 0.2) is 0 Å². The van der Waals surface area contributed by atoms with Gasteiger partial charge >= 0.3 is 12.1 Å². The van der Waals surface area contributed by atoms with E-state index in [0.29, 0.717) is 25.1 Å². The molecule has 0 amide bonds. The smallest absolute Gasteiger partial charge is 0.416 e. The lowest BCUT2D eigenvalue weighted by atomic mass is 9.85. The van der Waals surface area contributed by atoms with Crippen LogP contribution in [-0.4, -0.2) is 26.2 Å². The highest BCUT2D eigenvalue weighted by Gasteiger charge is 2.33. The molecule has 1 N–H and O–H groups in total. The number of alkyl halides is 3. The molecule has 1 saturated heterocycles. The van der Waals surface area contributed by atoms with Crippen LogP contribution in [0.1, 0.15) is 23.5 Å². The standard InChI is InChI=1S/C14H16F3NO2/c1-20-13(19)11-5-10(7-18-8-11)9-3-2-4-12(6-9)14(15,16)17/h2-4,6,10-11,18H,5,7-8H2,1H3/t10-,11-/m0/s1. The normalized spacial score (nSPS) is 23.4. The van der Waals surface area contributed by atoms with Gasteiger partial charge in [0.05, 0.1) is 18.6 Å². The number of hydrogen-bond donors (Lipinski definition) is 1. The van der Waals surface area contributed by atoms with E-state index in [4.69, 9.17) is 4.74 Å². The maximum atomic E-state index is 12.7. The summed E-state index contributed by atoms with van der Waals surface area (Å²) in [5.74, 6) is -0.752. The molecule has 0 unspecified atom stereocenters. The number of methoxy groups -OCH3 is 1. The molecule has 1 aromatic carbocycles. The summed E-state index contributed by atoms with van der Waals surface area (Å²) in [6, 6.07) is 5.28. The molecule has 0 aliphatic carbocycles. The molecule has 20 heavy (non-hydrogen) atoms. The molecule has 2 atom stereocenters. The van der Waals surface area contributed by atoms with Gasteiger partial charge in [-0.05, 0) is 24.0 Å². The monoisotopic (exact) mass is 287 g/mol. The second kappa shape index (κ2) is 5.83. The third-order valence-electron chi connectivity index (χ3n) is 3.57. The Morgan fingerprint density at radius 2 is 2.10 bits per heavy atom. The number of ether oxygens (including phenoxy) is 1. The summed E-state index contributed by atoms with van der Waals surface area (Å²) in [6.07, 6.45) is -3.85. The number of benzene rings is 1. The highest BCUT2D eigenvalue weighted by Crippen LogP contribution is 2.33. The van der Waals surface area contributed by atoms with Crippen molar-refractivity contribution in [2.75, 3.05) is 20.2 Å². The van der Waals surface area contributed by atoms with Crippen molar-refractivity contribution in [3.8, 4) is 0 Å². The van der Waals surface area contributed by atoms with Crippen LogP contribution < -0.4 is 5.32 Å². The molecule has 110 valence electrons. The maximum Gasteiger partial charge on any atom is 0.416 e. The highest BCUT2D eigenvalue weighted by molar-refractivity contribution is 5.72. The Balaban J connectivity index is 2.17. The molecule has 1 heterocycles. The molecule has 1 aliphatic heterocycles. The van der Waals surface area contributed by atoms with Crippen LogP contribution in [0.25, 0.3) is 0 Å². The van der Waals surface area contributed by atoms with Gasteiger partial charge in [-0.3, -0.25) is 4.79 Å². The number of esters is 1. The van der Waals surface area contributed by atoms with Crippen LogP contribution in [0.3, 0.4) is 0 Å². The molecule has 2 rings (SSSR count). The zero-order chi connectivity index (χ0) is 14.8. The van der Waals surface area contributed by atoms with E-state index in [1.807, 2.05) is 0 Å². The van der Waals surface area contributed by atoms with Crippen LogP contribution in [0.2, 0.25) is 0 Å². The van der Waals surface area contributed by atoms with Gasteiger partial charge in [-0.1, -0.05) is 18.2 Å². The van der Waals surface area contributed by atoms with Gasteiger partial charge in [0.2, 0.25) is 0 Å². The van der Waals surface area contributed by atoms with E-state index in [1.165, 1.54) is 13.2 Å². The summed E-state index contributed by atoms with van der Waals surface area (Å²) < 4.78 is 42.8. The number of nitrogens with one attached hydrogen (secondary N) is 1. The Morgan fingerprint density at radius 3 is 2.75 bits per heavy atom. The minimum atomic E-state index is -4.35. The maximum absolute atomic E-state index is 12.7. The molecule has 0 spiro atoms. The zero-order valence-corrected chi connectivity index (χ0v) is 11.0. The molecule has 0 aromatic heterocycles. The Bertz CT molecular complexity index is 488. The van der Waals surface area contributed by atoms with Crippen molar-refractivity contribution >= 4 is 5.97 Å². The van der Waals surface area contributed by atoms with Crippen molar-refractivity contribution in [3.05, 3.63) is 35.4 Å². The van der Waals surface area contributed by atoms with Crippen molar-refractivity contribution in [2.24, 2.45) is 5.92 Å². The van der Waals surface area contributed by atoms with Gasteiger partial charge in [0.1, 0.15) is 0 Å². The van der Waals surface area contributed by atoms with Crippen molar-refractivity contribution in [2.45, 2.75) is 18.5 Å². The Morgan fingerprint density at radius 1 is 1.35 bits per heavy atom. The predicted molar refractivity (Wildman–Crippen MR) is 67.2 cm³/mol. The molecule has 6 heteroatoms. The van der Waals surface area contributed by atoms with Gasteiger partial charge in [0.25, 0.3) is 0 Å². The summed E-state index contributed by atoms with van der Waals surface area (Å²) in [5, 5.41) is 3.07. The Hall–Kier alpha value is -1.56. The number of rotatable bonds is 2. The van der Waals surface area contributed by atoms with Gasteiger partial charge in [-0.15, -0.1) is 0 Å². The van der Waals surface area contributed by atoms with Crippen molar-refractivity contribution < 1.29 is 22.7 Å². The number of piperidine rings is 1. The average Bonchev–Trinajstić information content (AvgIpc) is 2.46. The molecular formula is C14H16F3NO2. The van der Waals surface area contributed by atoms with Crippen molar-refractivity contribution in [1.29, 1.82) is 0 Å². The quantitative estimate of drug-likeness (QED) is 0.850. The zero-order valence-electron chi connectivity index (χ0n) is 11.0. The summed E-state index contributed by atoms with van der Waals surface area (Å²) in [6.45, 7) is 1.07. The van der Waals surface area contributed by atoms with Crippen LogP contribution in [0.4, 0.5) is 13.2 Å². The predicted octanol–water partition coefficient (Wildman–Crippen LogP) is 2.57. The first-order valence-electron chi connectivity index (χ1n) is 6.37. The van der Waals surface area contributed by atoms with E-state index in [0.717, 1.165) is 12.1 Å². The van der Waals surface area contributed by atoms with Crippen molar-refractivity contribution in [1.82, 2.24) is 5.32 Å². The minimum Gasteiger partial charge on any atom is -0.469 e. The molecule has 0 radical (unpaired) electrons. The third kappa shape index (κ3) is 3.30. The summed E-state index contributed by atoms with van der Waals surface area (Å²) in [7, 11) is 1.32. The second-order valence-corrected chi connectivity index (χ2v) is 4.93. The van der Waals surface area contributed by atoms with Crippen molar-refractivity contribution in [3.63, 3.8) is 0 Å². The van der Waals surface area contributed by atoms with E-state index in [1.54, 1.807) is 6.07 Å². The van der Waals surface area contributed by atoms with Gasteiger partial charge < -0.3 is 10.1 Å². The number of hydrogen-bond acceptors (Lipinski definition) is 3. The molecule has 3 nitrogen and oxygen atoms in total. The Labute approximate surface area is 115 Å². The van der Waals surface area contributed by atoms with E-state index in [9.17, 15) is 18.0 Å². The van der Waals surface area contributed by atoms with E-state index >= 15 is 0 Å². The van der Waals surface area contributed by atoms with Gasteiger partial charge in [-0.25, -0.2) is 0 Å². The van der Waals surface area contributed by atoms with Crippen LogP contribution in [0.5, 0.6) is 0 Å². The lowest BCUT2D eigenvalue weighted by Crippen LogP contribution is -2.39. The fourth-order valence-corrected chi connectivity index (χ4v) is 2.51. The van der Waals surface area contributed by atoms with Crippen LogP contribution in [0.15, 0.2) is 24.3 Å². The first-order chi connectivity index (χ1) is 9.41. The molecule has 1 fully saturated rings. The third-order valence-corrected chi connectivity index (χ3v) is 3.57. The van der Waals surface area contributed by atoms with E-state index < -0.39 is 11.7 Å². The largest absolute Gasteiger partial charge is 0.469 e. The molecule has 0 saturated carbocycles. The van der Waals surface area contributed by atoms with E-state index in [2.05, 4.69) is 5.32 Å². The fraction of sp³-hybridized carbons (Fsp3) is 0.500. The Kier molecular flexibility index (Phi) is 4.32. The first kappa shape index (κ1) is 14.8. The van der Waals surface area contributed by atoms with Gasteiger partial charge in [-0.2, -0.15) is 13.2 Å². The van der Waals surface area contributed by atoms with Gasteiger partial charge in [0, 0.05) is 13.1 Å². The SMILES string of the molecule is COC(=O)[C@@H]1CNC[C@@H](c2cccc(C(F)(F)F)c2)C1. The average molecular weight is 287 g/mol. The number of carbonyl (C=O) groups excluding carboxylic acids is 1. The lowest BCUT2D eigenvalue weighted by molar-refractivity contribution is -0.146. The van der Waals surface area contributed by atoms with Crippen LogP contribution in [0, 0.1) is 5.92 Å².